The van der Waals surface area contributed by atoms with Crippen molar-refractivity contribution >= 4 is 34.3 Å². The van der Waals surface area contributed by atoms with Crippen LogP contribution >= 0.6 is 0 Å². The number of anilines is 1. The summed E-state index contributed by atoms with van der Waals surface area (Å²) in [6, 6.07) is 10.4. The summed E-state index contributed by atoms with van der Waals surface area (Å²) in [6.45, 7) is 4.73. The van der Waals surface area contributed by atoms with Crippen molar-refractivity contribution in [3.05, 3.63) is 83.2 Å². The molecule has 190 valence electrons. The van der Waals surface area contributed by atoms with Crippen LogP contribution in [0.3, 0.4) is 0 Å². The highest BCUT2D eigenvalue weighted by Crippen LogP contribution is 2.34. The molecule has 3 heterocycles. The first-order valence-corrected chi connectivity index (χ1v) is 13.1. The molecule has 2 N–H and O–H groups in total. The third kappa shape index (κ3) is 4.86. The van der Waals surface area contributed by atoms with Crippen molar-refractivity contribution in [3.63, 3.8) is 0 Å². The molecule has 1 aliphatic carbocycles. The van der Waals surface area contributed by atoms with Crippen LogP contribution in [0.5, 0.6) is 0 Å². The predicted molar refractivity (Wildman–Crippen MR) is 147 cm³/mol. The minimum absolute atomic E-state index is 0.0568. The number of fused-ring (bicyclic) bond motifs is 1. The summed E-state index contributed by atoms with van der Waals surface area (Å²) < 4.78 is 1.58. The number of likely N-dealkylation sites (tertiary alicyclic amines) is 1. The average Bonchev–Trinajstić information content (AvgIpc) is 3.33. The number of carbonyl (C=O) groups is 2. The Hall–Kier alpha value is -4.00. The van der Waals surface area contributed by atoms with Gasteiger partial charge in [0.05, 0.1) is 17.5 Å². The van der Waals surface area contributed by atoms with Crippen LogP contribution in [-0.4, -0.2) is 44.3 Å². The van der Waals surface area contributed by atoms with Gasteiger partial charge in [-0.3, -0.25) is 9.59 Å². The first kappa shape index (κ1) is 24.7. The number of ketones is 1. The molecule has 1 saturated heterocycles. The van der Waals surface area contributed by atoms with Gasteiger partial charge in [0.15, 0.2) is 11.4 Å². The normalized spacial score (nSPS) is 16.8. The van der Waals surface area contributed by atoms with E-state index < -0.39 is 0 Å². The van der Waals surface area contributed by atoms with Crippen molar-refractivity contribution in [1.82, 2.24) is 19.5 Å². The number of piperidine rings is 1. The summed E-state index contributed by atoms with van der Waals surface area (Å²) in [4.78, 5) is 31.8. The largest absolute Gasteiger partial charge is 0.383 e. The minimum Gasteiger partial charge on any atom is -0.383 e. The fourth-order valence-electron chi connectivity index (χ4n) is 5.37. The van der Waals surface area contributed by atoms with E-state index in [2.05, 4.69) is 53.7 Å². The Labute approximate surface area is 217 Å². The van der Waals surface area contributed by atoms with Crippen LogP contribution in [0, 0.1) is 0 Å². The Morgan fingerprint density at radius 1 is 1.11 bits per heavy atom. The molecule has 1 aliphatic heterocycles. The molecule has 5 rings (SSSR count). The number of amides is 1. The van der Waals surface area contributed by atoms with Gasteiger partial charge in [0.1, 0.15) is 5.82 Å². The van der Waals surface area contributed by atoms with Gasteiger partial charge in [-0.1, -0.05) is 61.6 Å². The molecule has 1 aromatic carbocycles. The first-order chi connectivity index (χ1) is 18.0. The molecule has 0 spiro atoms. The second-order valence-electron chi connectivity index (χ2n) is 9.74. The molecule has 2 aliphatic rings. The van der Waals surface area contributed by atoms with Crippen LogP contribution in [0.15, 0.2) is 60.8 Å². The van der Waals surface area contributed by atoms with E-state index in [-0.39, 0.29) is 17.6 Å². The van der Waals surface area contributed by atoms with Gasteiger partial charge in [0.2, 0.25) is 5.91 Å². The lowest BCUT2D eigenvalue weighted by molar-refractivity contribution is -0.131. The first-order valence-electron chi connectivity index (χ1n) is 13.1. The highest BCUT2D eigenvalue weighted by Gasteiger charge is 2.29. The molecule has 1 fully saturated rings. The number of hydrogen-bond acceptors (Lipinski definition) is 5. The molecule has 37 heavy (non-hydrogen) atoms. The Kier molecular flexibility index (Phi) is 7.04. The number of nitrogen functional groups attached to an aromatic ring is 1. The van der Waals surface area contributed by atoms with Gasteiger partial charge in [-0.25, -0.2) is 4.98 Å². The van der Waals surface area contributed by atoms with E-state index in [4.69, 9.17) is 10.7 Å². The number of benzene rings is 1. The zero-order valence-corrected chi connectivity index (χ0v) is 21.5. The average molecular weight is 496 g/mol. The number of hydrogen-bond donors (Lipinski definition) is 1. The predicted octanol–water partition coefficient (Wildman–Crippen LogP) is 5.45. The van der Waals surface area contributed by atoms with Crippen molar-refractivity contribution in [3.8, 4) is 0 Å². The van der Waals surface area contributed by atoms with Crippen LogP contribution in [0.1, 0.15) is 79.0 Å². The van der Waals surface area contributed by atoms with Crippen LogP contribution in [0.4, 0.5) is 5.82 Å². The second-order valence-corrected chi connectivity index (χ2v) is 9.74. The topological polar surface area (TPSA) is 93.6 Å². The zero-order chi connectivity index (χ0) is 25.9. The van der Waals surface area contributed by atoms with Gasteiger partial charge in [-0.05, 0) is 49.3 Å². The fourth-order valence-corrected chi connectivity index (χ4v) is 5.37. The molecular formula is C30H33N5O2. The quantitative estimate of drug-likeness (QED) is 0.475. The lowest BCUT2D eigenvalue weighted by Crippen LogP contribution is -2.38. The molecule has 3 aromatic rings. The molecule has 0 saturated carbocycles. The van der Waals surface area contributed by atoms with Gasteiger partial charge in [0, 0.05) is 31.0 Å². The third-order valence-electron chi connectivity index (χ3n) is 7.40. The Bertz CT molecular complexity index is 1420. The van der Waals surface area contributed by atoms with Crippen LogP contribution < -0.4 is 5.73 Å². The van der Waals surface area contributed by atoms with Crippen LogP contribution in [0.25, 0.3) is 16.8 Å². The lowest BCUT2D eigenvalue weighted by atomic mass is 9.89. The SMILES string of the molecule is CCC(=O)N1CCC(c2nc3c(C4=CC=C(c5ccccc5)CCC=C4)cnn3c(N)c2C(C)=O)CC1. The molecule has 0 radical (unpaired) electrons. The molecule has 7 heteroatoms. The van der Waals surface area contributed by atoms with Crippen molar-refractivity contribution in [2.75, 3.05) is 18.8 Å². The summed E-state index contributed by atoms with van der Waals surface area (Å²) in [5.74, 6) is 0.423. The van der Waals surface area contributed by atoms with Crippen LogP contribution in [-0.2, 0) is 4.79 Å². The van der Waals surface area contributed by atoms with E-state index in [1.807, 2.05) is 17.9 Å². The third-order valence-corrected chi connectivity index (χ3v) is 7.40. The summed E-state index contributed by atoms with van der Waals surface area (Å²) in [5, 5.41) is 4.53. The van der Waals surface area contributed by atoms with Crippen molar-refractivity contribution < 1.29 is 9.59 Å². The van der Waals surface area contributed by atoms with Crippen molar-refractivity contribution in [2.45, 2.75) is 51.9 Å². The molecule has 7 nitrogen and oxygen atoms in total. The van der Waals surface area contributed by atoms with Gasteiger partial charge in [0.25, 0.3) is 0 Å². The maximum absolute atomic E-state index is 12.7. The summed E-state index contributed by atoms with van der Waals surface area (Å²) in [7, 11) is 0. The van der Waals surface area contributed by atoms with Crippen molar-refractivity contribution in [1.29, 1.82) is 0 Å². The lowest BCUT2D eigenvalue weighted by Gasteiger charge is -2.32. The molecule has 0 bridgehead atoms. The number of Topliss-reactive ketones (excluding diaryl/α,β-unsaturated/α-hetero) is 1. The van der Waals surface area contributed by atoms with Crippen molar-refractivity contribution in [2.24, 2.45) is 0 Å². The second kappa shape index (κ2) is 10.5. The summed E-state index contributed by atoms with van der Waals surface area (Å²) in [6.07, 6.45) is 14.3. The molecular weight excluding hydrogens is 462 g/mol. The summed E-state index contributed by atoms with van der Waals surface area (Å²) >= 11 is 0. The number of nitrogens with two attached hydrogens (primary N) is 1. The number of allylic oxidation sites excluding steroid dienone is 6. The highest BCUT2D eigenvalue weighted by atomic mass is 16.2. The maximum Gasteiger partial charge on any atom is 0.222 e. The molecule has 0 unspecified atom stereocenters. The smallest absolute Gasteiger partial charge is 0.222 e. The van der Waals surface area contributed by atoms with Gasteiger partial charge in [-0.2, -0.15) is 9.61 Å². The van der Waals surface area contributed by atoms with Crippen LogP contribution in [0.2, 0.25) is 0 Å². The monoisotopic (exact) mass is 495 g/mol. The fraction of sp³-hybridized carbons (Fsp3) is 0.333. The minimum atomic E-state index is -0.119. The Balaban J connectivity index is 1.56. The van der Waals surface area contributed by atoms with Gasteiger partial charge < -0.3 is 10.6 Å². The van der Waals surface area contributed by atoms with E-state index in [1.165, 1.54) is 18.1 Å². The maximum atomic E-state index is 12.7. The molecule has 2 aromatic heterocycles. The standard InChI is InChI=1S/C30H33N5O2/c1-3-26(37)34-17-15-24(16-18-34)28-27(20(2)36)29(31)35-30(33-28)25(19-32-35)23-12-8-7-11-22(13-14-23)21-9-5-4-6-10-21/h4-6,8-10,12-14,19,24H,3,7,11,15-18,31H2,1-2H3. The summed E-state index contributed by atoms with van der Waals surface area (Å²) in [5.41, 5.74) is 12.7. The van der Waals surface area contributed by atoms with E-state index in [0.29, 0.717) is 36.5 Å². The zero-order valence-electron chi connectivity index (χ0n) is 21.5. The van der Waals surface area contributed by atoms with E-state index >= 15 is 0 Å². The number of rotatable bonds is 5. The van der Waals surface area contributed by atoms with E-state index in [0.717, 1.165) is 42.5 Å². The Morgan fingerprint density at radius 2 is 1.86 bits per heavy atom. The number of aromatic nitrogens is 3. The highest BCUT2D eigenvalue weighted by molar-refractivity contribution is 6.00. The molecule has 1 amide bonds. The molecule has 0 atom stereocenters. The number of nitrogens with zero attached hydrogens (tertiary/aromatic N) is 4. The van der Waals surface area contributed by atoms with Gasteiger partial charge in [-0.15, -0.1) is 0 Å². The van der Waals surface area contributed by atoms with E-state index in [9.17, 15) is 9.59 Å². The Morgan fingerprint density at radius 3 is 2.57 bits per heavy atom. The van der Waals surface area contributed by atoms with E-state index in [1.54, 1.807) is 10.7 Å². The van der Waals surface area contributed by atoms with Gasteiger partial charge >= 0.3 is 0 Å². The number of carbonyl (C=O) groups excluding carboxylic acids is 2.